The van der Waals surface area contributed by atoms with Crippen molar-refractivity contribution in [3.05, 3.63) is 48.5 Å². The monoisotopic (exact) mass is 355 g/mol. The van der Waals surface area contributed by atoms with E-state index in [0.29, 0.717) is 0 Å². The van der Waals surface area contributed by atoms with Gasteiger partial charge in [0, 0.05) is 43.6 Å². The number of hydrogen-bond acceptors (Lipinski definition) is 5. The van der Waals surface area contributed by atoms with E-state index in [0.717, 1.165) is 49.1 Å². The van der Waals surface area contributed by atoms with Crippen molar-refractivity contribution in [3.63, 3.8) is 0 Å². The fourth-order valence-corrected chi connectivity index (χ4v) is 3.03. The van der Waals surface area contributed by atoms with E-state index in [2.05, 4.69) is 22.3 Å². The normalized spacial score (nSPS) is 14.1. The highest BCUT2D eigenvalue weighted by Gasteiger charge is 2.21. The number of piperazine rings is 1. The number of hydrogen-bond donors (Lipinski definition) is 1. The number of amides is 1. The molecule has 26 heavy (non-hydrogen) atoms. The molecular weight excluding hydrogens is 330 g/mol. The number of carbonyl (C=O) groups is 1. The smallest absolute Gasteiger partial charge is 0.241 e. The van der Waals surface area contributed by atoms with Gasteiger partial charge in [0.25, 0.3) is 0 Å². The van der Waals surface area contributed by atoms with Crippen LogP contribution < -0.4 is 19.7 Å². The second kappa shape index (κ2) is 8.47. The minimum Gasteiger partial charge on any atom is -0.497 e. The third kappa shape index (κ3) is 4.39. The lowest BCUT2D eigenvalue weighted by Crippen LogP contribution is -2.50. The van der Waals surface area contributed by atoms with Crippen LogP contribution in [0.2, 0.25) is 0 Å². The molecule has 1 saturated heterocycles. The summed E-state index contributed by atoms with van der Waals surface area (Å²) in [6, 6.07) is 15.6. The summed E-state index contributed by atoms with van der Waals surface area (Å²) in [6.45, 7) is 3.40. The summed E-state index contributed by atoms with van der Waals surface area (Å²) >= 11 is 0. The minimum absolute atomic E-state index is 0.113. The van der Waals surface area contributed by atoms with Gasteiger partial charge in [-0.25, -0.2) is 0 Å². The fourth-order valence-electron chi connectivity index (χ4n) is 3.03. The zero-order chi connectivity index (χ0) is 18.4. The van der Waals surface area contributed by atoms with Gasteiger partial charge in [0.1, 0.15) is 11.5 Å². The molecule has 0 spiro atoms. The van der Waals surface area contributed by atoms with Gasteiger partial charge in [-0.3, -0.25) is 4.79 Å². The molecule has 0 aromatic heterocycles. The van der Waals surface area contributed by atoms with E-state index in [9.17, 15) is 4.79 Å². The number of methoxy groups -OCH3 is 2. The van der Waals surface area contributed by atoms with Gasteiger partial charge in [-0.05, 0) is 36.4 Å². The quantitative estimate of drug-likeness (QED) is 0.863. The summed E-state index contributed by atoms with van der Waals surface area (Å²) in [5.74, 6) is 1.74. The first-order valence-corrected chi connectivity index (χ1v) is 8.74. The number of benzene rings is 2. The molecule has 1 aliphatic heterocycles. The van der Waals surface area contributed by atoms with Crippen LogP contribution in [-0.4, -0.2) is 57.8 Å². The average Bonchev–Trinajstić information content (AvgIpc) is 2.72. The zero-order valence-electron chi connectivity index (χ0n) is 15.3. The first kappa shape index (κ1) is 17.9. The summed E-state index contributed by atoms with van der Waals surface area (Å²) in [4.78, 5) is 16.7. The molecule has 1 heterocycles. The first-order valence-electron chi connectivity index (χ1n) is 8.74. The van der Waals surface area contributed by atoms with Crippen molar-refractivity contribution >= 4 is 17.3 Å². The van der Waals surface area contributed by atoms with Crippen LogP contribution in [0.15, 0.2) is 48.5 Å². The SMILES string of the molecule is COc1ccc(N2CCN(C(=O)CNc3cccc(OC)c3)CC2)cc1. The number of anilines is 2. The Morgan fingerprint density at radius 2 is 1.65 bits per heavy atom. The minimum atomic E-state index is 0.113. The molecule has 1 fully saturated rings. The van der Waals surface area contributed by atoms with E-state index < -0.39 is 0 Å². The Hall–Kier alpha value is -2.89. The van der Waals surface area contributed by atoms with Crippen molar-refractivity contribution in [1.29, 1.82) is 0 Å². The third-order valence-electron chi connectivity index (χ3n) is 4.58. The van der Waals surface area contributed by atoms with Gasteiger partial charge in [-0.1, -0.05) is 6.07 Å². The largest absolute Gasteiger partial charge is 0.497 e. The Labute approximate surface area is 154 Å². The van der Waals surface area contributed by atoms with Crippen LogP contribution in [0.25, 0.3) is 0 Å². The first-order chi connectivity index (χ1) is 12.7. The van der Waals surface area contributed by atoms with E-state index in [4.69, 9.17) is 9.47 Å². The maximum Gasteiger partial charge on any atom is 0.241 e. The lowest BCUT2D eigenvalue weighted by atomic mass is 10.2. The van der Waals surface area contributed by atoms with E-state index >= 15 is 0 Å². The summed E-state index contributed by atoms with van der Waals surface area (Å²) in [7, 11) is 3.30. The maximum absolute atomic E-state index is 12.4. The van der Waals surface area contributed by atoms with Crippen LogP contribution >= 0.6 is 0 Å². The van der Waals surface area contributed by atoms with Crippen molar-refractivity contribution < 1.29 is 14.3 Å². The summed E-state index contributed by atoms with van der Waals surface area (Å²) in [5, 5.41) is 3.17. The Kier molecular flexibility index (Phi) is 5.84. The molecule has 0 radical (unpaired) electrons. The van der Waals surface area contributed by atoms with Crippen LogP contribution in [0, 0.1) is 0 Å². The van der Waals surface area contributed by atoms with Crippen molar-refractivity contribution in [2.24, 2.45) is 0 Å². The van der Waals surface area contributed by atoms with E-state index in [1.54, 1.807) is 14.2 Å². The number of rotatable bonds is 6. The average molecular weight is 355 g/mol. The second-order valence-corrected chi connectivity index (χ2v) is 6.15. The fraction of sp³-hybridized carbons (Fsp3) is 0.350. The number of ether oxygens (including phenoxy) is 2. The lowest BCUT2D eigenvalue weighted by Gasteiger charge is -2.36. The Morgan fingerprint density at radius 1 is 0.962 bits per heavy atom. The third-order valence-corrected chi connectivity index (χ3v) is 4.58. The van der Waals surface area contributed by atoms with Crippen molar-refractivity contribution in [1.82, 2.24) is 4.90 Å². The highest BCUT2D eigenvalue weighted by atomic mass is 16.5. The summed E-state index contributed by atoms with van der Waals surface area (Å²) in [5.41, 5.74) is 2.04. The zero-order valence-corrected chi connectivity index (χ0v) is 15.3. The van der Waals surface area contributed by atoms with Crippen molar-refractivity contribution in [2.45, 2.75) is 0 Å². The van der Waals surface area contributed by atoms with E-state index in [1.807, 2.05) is 41.3 Å². The van der Waals surface area contributed by atoms with Crippen LogP contribution in [0.4, 0.5) is 11.4 Å². The Bertz CT molecular complexity index is 725. The van der Waals surface area contributed by atoms with Gasteiger partial charge >= 0.3 is 0 Å². The predicted octanol–water partition coefficient (Wildman–Crippen LogP) is 2.46. The molecule has 0 unspecified atom stereocenters. The van der Waals surface area contributed by atoms with Crippen LogP contribution in [0.1, 0.15) is 0 Å². The van der Waals surface area contributed by atoms with Gasteiger partial charge in [0.2, 0.25) is 5.91 Å². The van der Waals surface area contributed by atoms with Crippen LogP contribution in [0.5, 0.6) is 11.5 Å². The molecular formula is C20H25N3O3. The predicted molar refractivity (Wildman–Crippen MR) is 103 cm³/mol. The molecule has 138 valence electrons. The molecule has 0 aliphatic carbocycles. The molecule has 1 aliphatic rings. The van der Waals surface area contributed by atoms with E-state index in [-0.39, 0.29) is 12.5 Å². The van der Waals surface area contributed by atoms with Crippen LogP contribution in [-0.2, 0) is 4.79 Å². The maximum atomic E-state index is 12.4. The van der Waals surface area contributed by atoms with E-state index in [1.165, 1.54) is 0 Å². The molecule has 0 bridgehead atoms. The summed E-state index contributed by atoms with van der Waals surface area (Å²) in [6.07, 6.45) is 0. The topological polar surface area (TPSA) is 54.0 Å². The van der Waals surface area contributed by atoms with Gasteiger partial charge in [0.05, 0.1) is 20.8 Å². The van der Waals surface area contributed by atoms with Crippen LogP contribution in [0.3, 0.4) is 0 Å². The lowest BCUT2D eigenvalue weighted by molar-refractivity contribution is -0.129. The molecule has 1 N–H and O–H groups in total. The second-order valence-electron chi connectivity index (χ2n) is 6.15. The molecule has 6 nitrogen and oxygen atoms in total. The highest BCUT2D eigenvalue weighted by Crippen LogP contribution is 2.21. The number of carbonyl (C=O) groups excluding carboxylic acids is 1. The van der Waals surface area contributed by atoms with Crippen molar-refractivity contribution in [2.75, 3.05) is 57.2 Å². The van der Waals surface area contributed by atoms with Gasteiger partial charge in [-0.2, -0.15) is 0 Å². The highest BCUT2D eigenvalue weighted by molar-refractivity contribution is 5.81. The molecule has 6 heteroatoms. The van der Waals surface area contributed by atoms with Gasteiger partial charge in [0.15, 0.2) is 0 Å². The Morgan fingerprint density at radius 3 is 2.31 bits per heavy atom. The Balaban J connectivity index is 1.48. The van der Waals surface area contributed by atoms with Gasteiger partial charge < -0.3 is 24.6 Å². The molecule has 0 atom stereocenters. The molecule has 2 aromatic rings. The summed E-state index contributed by atoms with van der Waals surface area (Å²) < 4.78 is 10.4. The standard InChI is InChI=1S/C20H25N3O3/c1-25-18-8-6-17(7-9-18)22-10-12-23(13-11-22)20(24)15-21-16-4-3-5-19(14-16)26-2/h3-9,14,21H,10-13,15H2,1-2H3. The number of nitrogens with zero attached hydrogens (tertiary/aromatic N) is 2. The van der Waals surface area contributed by atoms with Gasteiger partial charge in [-0.15, -0.1) is 0 Å². The van der Waals surface area contributed by atoms with Crippen molar-refractivity contribution in [3.8, 4) is 11.5 Å². The molecule has 3 rings (SSSR count). The number of nitrogens with one attached hydrogen (secondary N) is 1. The molecule has 0 saturated carbocycles. The molecule has 2 aromatic carbocycles. The molecule has 1 amide bonds.